The van der Waals surface area contributed by atoms with Gasteiger partial charge in [-0.25, -0.2) is 0 Å². The molecule has 0 spiro atoms. The lowest BCUT2D eigenvalue weighted by Gasteiger charge is -2.43. The summed E-state index contributed by atoms with van der Waals surface area (Å²) in [5.74, 6) is -0.286. The number of hydrogen-bond acceptors (Lipinski definition) is 6. The van der Waals surface area contributed by atoms with Crippen molar-refractivity contribution in [3.05, 3.63) is 22.4 Å². The summed E-state index contributed by atoms with van der Waals surface area (Å²) < 4.78 is 0. The van der Waals surface area contributed by atoms with E-state index in [1.54, 1.807) is 0 Å². The van der Waals surface area contributed by atoms with Crippen molar-refractivity contribution in [2.45, 2.75) is 30.8 Å². The van der Waals surface area contributed by atoms with Crippen LogP contribution in [0.1, 0.15) is 4.88 Å². The number of amides is 1. The van der Waals surface area contributed by atoms with E-state index in [1.165, 1.54) is 16.2 Å². The van der Waals surface area contributed by atoms with Gasteiger partial charge in [0, 0.05) is 11.4 Å². The molecule has 1 aliphatic rings. The summed E-state index contributed by atoms with van der Waals surface area (Å²) in [6.07, 6.45) is -3.74. The Hall–Kier alpha value is -0.990. The fourth-order valence-corrected chi connectivity index (χ4v) is 2.94. The van der Waals surface area contributed by atoms with Gasteiger partial charge >= 0.3 is 0 Å². The number of carbonyl (C=O) groups is 1. The van der Waals surface area contributed by atoms with E-state index in [2.05, 4.69) is 0 Å². The summed E-state index contributed by atoms with van der Waals surface area (Å²) >= 11 is 1.44. The van der Waals surface area contributed by atoms with Crippen LogP contribution in [-0.2, 0) is 11.2 Å². The zero-order chi connectivity index (χ0) is 14.0. The predicted molar refractivity (Wildman–Crippen MR) is 68.6 cm³/mol. The van der Waals surface area contributed by atoms with Gasteiger partial charge in [-0.15, -0.1) is 11.3 Å². The van der Waals surface area contributed by atoms with Crippen molar-refractivity contribution in [1.82, 2.24) is 4.90 Å². The Kier molecular flexibility index (Phi) is 4.54. The van der Waals surface area contributed by atoms with Crippen molar-refractivity contribution in [2.75, 3.05) is 13.2 Å². The minimum absolute atomic E-state index is 0.0896. The summed E-state index contributed by atoms with van der Waals surface area (Å²) in [5, 5.41) is 40.1. The van der Waals surface area contributed by atoms with Gasteiger partial charge in [-0.2, -0.15) is 0 Å². The van der Waals surface area contributed by atoms with Crippen molar-refractivity contribution in [3.63, 3.8) is 0 Å². The highest BCUT2D eigenvalue weighted by Gasteiger charge is 2.42. The molecule has 4 atom stereocenters. The molecule has 7 heteroatoms. The number of piperidine rings is 1. The van der Waals surface area contributed by atoms with Crippen LogP contribution in [-0.4, -0.2) is 68.7 Å². The smallest absolute Gasteiger partial charge is 0.228 e. The normalized spacial score (nSPS) is 31.5. The minimum Gasteiger partial charge on any atom is -0.394 e. The van der Waals surface area contributed by atoms with E-state index in [0.29, 0.717) is 0 Å². The Labute approximate surface area is 114 Å². The van der Waals surface area contributed by atoms with Crippen LogP contribution in [0.5, 0.6) is 0 Å². The fourth-order valence-electron chi connectivity index (χ4n) is 2.24. The maximum absolute atomic E-state index is 12.2. The molecule has 1 amide bonds. The minimum atomic E-state index is -1.35. The van der Waals surface area contributed by atoms with E-state index in [4.69, 9.17) is 0 Å². The van der Waals surface area contributed by atoms with Crippen LogP contribution < -0.4 is 0 Å². The molecule has 0 radical (unpaired) electrons. The summed E-state index contributed by atoms with van der Waals surface area (Å²) in [6.45, 7) is -0.547. The SMILES string of the molecule is O=C(Cc1cccs1)N1C[C@H](O)[C@@H](O)[C@H](O)C1CO. The Morgan fingerprint density at radius 2 is 2.11 bits per heavy atom. The van der Waals surface area contributed by atoms with E-state index in [1.807, 2.05) is 17.5 Å². The third-order valence-corrected chi connectivity index (χ3v) is 4.21. The molecule has 4 N–H and O–H groups in total. The van der Waals surface area contributed by atoms with Crippen LogP contribution in [0.25, 0.3) is 0 Å². The van der Waals surface area contributed by atoms with Crippen LogP contribution in [0.15, 0.2) is 17.5 Å². The van der Waals surface area contributed by atoms with E-state index in [-0.39, 0.29) is 18.9 Å². The second-order valence-electron chi connectivity index (χ2n) is 4.60. The van der Waals surface area contributed by atoms with Crippen LogP contribution in [0.3, 0.4) is 0 Å². The molecule has 1 unspecified atom stereocenters. The van der Waals surface area contributed by atoms with Crippen LogP contribution >= 0.6 is 11.3 Å². The Bertz CT molecular complexity index is 424. The molecular weight excluding hydrogens is 270 g/mol. The second kappa shape index (κ2) is 5.98. The van der Waals surface area contributed by atoms with E-state index in [0.717, 1.165) is 4.88 Å². The molecule has 106 valence electrons. The lowest BCUT2D eigenvalue weighted by molar-refractivity contribution is -0.165. The van der Waals surface area contributed by atoms with Crippen LogP contribution in [0.4, 0.5) is 0 Å². The quantitative estimate of drug-likeness (QED) is 0.546. The molecule has 0 bridgehead atoms. The maximum atomic E-state index is 12.2. The Morgan fingerprint density at radius 1 is 1.37 bits per heavy atom. The number of hydrogen-bond donors (Lipinski definition) is 4. The van der Waals surface area contributed by atoms with Crippen molar-refractivity contribution >= 4 is 17.2 Å². The number of carbonyl (C=O) groups excluding carboxylic acids is 1. The largest absolute Gasteiger partial charge is 0.394 e. The van der Waals surface area contributed by atoms with Gasteiger partial charge in [0.2, 0.25) is 5.91 Å². The highest BCUT2D eigenvalue weighted by molar-refractivity contribution is 7.10. The molecule has 1 aromatic rings. The molecule has 0 saturated carbocycles. The molecule has 1 saturated heterocycles. The number of β-amino-alcohol motifs (C(OH)–C–C–N with tert-alkyl or cyclic N) is 1. The number of rotatable bonds is 3. The number of likely N-dealkylation sites (tertiary alicyclic amines) is 1. The predicted octanol–water partition coefficient (Wildman–Crippen LogP) is -1.42. The van der Waals surface area contributed by atoms with Gasteiger partial charge in [-0.3, -0.25) is 4.79 Å². The lowest BCUT2D eigenvalue weighted by atomic mass is 9.94. The third kappa shape index (κ3) is 2.96. The number of thiophene rings is 1. The monoisotopic (exact) mass is 287 g/mol. The average Bonchev–Trinajstić information content (AvgIpc) is 2.88. The van der Waals surface area contributed by atoms with Crippen molar-refractivity contribution in [2.24, 2.45) is 0 Å². The summed E-state index contributed by atoms with van der Waals surface area (Å²) in [7, 11) is 0. The fraction of sp³-hybridized carbons (Fsp3) is 0.583. The Morgan fingerprint density at radius 3 is 2.68 bits per heavy atom. The number of aliphatic hydroxyl groups is 4. The maximum Gasteiger partial charge on any atom is 0.228 e. The average molecular weight is 287 g/mol. The van der Waals surface area contributed by atoms with Gasteiger partial charge in [0.05, 0.1) is 19.1 Å². The molecule has 2 rings (SSSR count). The molecular formula is C12H17NO5S. The zero-order valence-electron chi connectivity index (χ0n) is 10.2. The zero-order valence-corrected chi connectivity index (χ0v) is 11.0. The van der Waals surface area contributed by atoms with Gasteiger partial charge in [-0.05, 0) is 11.4 Å². The number of nitrogens with zero attached hydrogens (tertiary/aromatic N) is 1. The molecule has 1 aliphatic heterocycles. The van der Waals surface area contributed by atoms with Crippen molar-refractivity contribution in [1.29, 1.82) is 0 Å². The summed E-state index contributed by atoms with van der Waals surface area (Å²) in [4.78, 5) is 14.3. The molecule has 2 heterocycles. The van der Waals surface area contributed by atoms with Crippen LogP contribution in [0.2, 0.25) is 0 Å². The molecule has 19 heavy (non-hydrogen) atoms. The van der Waals surface area contributed by atoms with E-state index >= 15 is 0 Å². The first-order chi connectivity index (χ1) is 9.04. The van der Waals surface area contributed by atoms with Crippen molar-refractivity contribution in [3.8, 4) is 0 Å². The third-order valence-electron chi connectivity index (χ3n) is 3.34. The molecule has 0 aromatic carbocycles. The lowest BCUT2D eigenvalue weighted by Crippen LogP contribution is -2.64. The number of aliphatic hydroxyl groups excluding tert-OH is 4. The van der Waals surface area contributed by atoms with Gasteiger partial charge in [0.15, 0.2) is 0 Å². The first kappa shape index (κ1) is 14.4. The van der Waals surface area contributed by atoms with Gasteiger partial charge < -0.3 is 25.3 Å². The standard InChI is InChI=1S/C12H17NO5S/c14-6-8-11(17)12(18)9(15)5-13(8)10(16)4-7-2-1-3-19-7/h1-3,8-9,11-12,14-15,17-18H,4-6H2/t8?,9-,11+,12+/m0/s1. The summed E-state index contributed by atoms with van der Waals surface area (Å²) in [5.41, 5.74) is 0. The highest BCUT2D eigenvalue weighted by Crippen LogP contribution is 2.21. The first-order valence-corrected chi connectivity index (χ1v) is 6.89. The van der Waals surface area contributed by atoms with E-state index < -0.39 is 31.0 Å². The van der Waals surface area contributed by atoms with Gasteiger partial charge in [0.1, 0.15) is 18.3 Å². The molecule has 6 nitrogen and oxygen atoms in total. The molecule has 0 aliphatic carbocycles. The Balaban J connectivity index is 2.10. The molecule has 1 aromatic heterocycles. The van der Waals surface area contributed by atoms with Gasteiger partial charge in [0.25, 0.3) is 0 Å². The summed E-state index contributed by atoms with van der Waals surface area (Å²) in [6, 6.07) is 2.77. The second-order valence-corrected chi connectivity index (χ2v) is 5.63. The van der Waals surface area contributed by atoms with Crippen LogP contribution in [0, 0.1) is 0 Å². The highest BCUT2D eigenvalue weighted by atomic mass is 32.1. The van der Waals surface area contributed by atoms with Crippen molar-refractivity contribution < 1.29 is 25.2 Å². The van der Waals surface area contributed by atoms with Gasteiger partial charge in [-0.1, -0.05) is 6.07 Å². The topological polar surface area (TPSA) is 101 Å². The first-order valence-electron chi connectivity index (χ1n) is 6.01. The molecule has 1 fully saturated rings. The van der Waals surface area contributed by atoms with E-state index in [9.17, 15) is 25.2 Å².